The number of hydrogen-bond donors (Lipinski definition) is 1. The molecule has 96 valence electrons. The van der Waals surface area contributed by atoms with Crippen molar-refractivity contribution in [2.45, 2.75) is 25.2 Å². The van der Waals surface area contributed by atoms with E-state index in [2.05, 4.69) is 18.3 Å². The molecule has 1 aliphatic rings. The zero-order valence-electron chi connectivity index (χ0n) is 11.0. The van der Waals surface area contributed by atoms with Crippen LogP contribution < -0.4 is 5.32 Å². The van der Waals surface area contributed by atoms with E-state index in [-0.39, 0.29) is 17.7 Å². The molecule has 2 heteroatoms. The summed E-state index contributed by atoms with van der Waals surface area (Å²) in [6.45, 7) is 2.15. The molecule has 3 rings (SSSR count). The lowest BCUT2D eigenvalue weighted by molar-refractivity contribution is -0.118. The molecule has 0 aromatic heterocycles. The van der Waals surface area contributed by atoms with Gasteiger partial charge in [0.2, 0.25) is 5.91 Å². The monoisotopic (exact) mass is 251 g/mol. The number of fused-ring (bicyclic) bond motifs is 1. The highest BCUT2D eigenvalue weighted by Gasteiger charge is 2.35. The Hall–Kier alpha value is -2.09. The van der Waals surface area contributed by atoms with Gasteiger partial charge in [0.15, 0.2) is 0 Å². The summed E-state index contributed by atoms with van der Waals surface area (Å²) < 4.78 is 0. The van der Waals surface area contributed by atoms with Gasteiger partial charge in [0.1, 0.15) is 0 Å². The Bertz CT molecular complexity index is 591. The van der Waals surface area contributed by atoms with Gasteiger partial charge in [-0.15, -0.1) is 0 Å². The Morgan fingerprint density at radius 2 is 1.68 bits per heavy atom. The fourth-order valence-corrected chi connectivity index (χ4v) is 3.01. The number of hydrogen-bond acceptors (Lipinski definition) is 1. The molecular weight excluding hydrogens is 234 g/mol. The van der Waals surface area contributed by atoms with Crippen LogP contribution in [0.25, 0.3) is 0 Å². The first-order chi connectivity index (χ1) is 9.31. The first-order valence-corrected chi connectivity index (χ1v) is 6.76. The van der Waals surface area contributed by atoms with E-state index >= 15 is 0 Å². The van der Waals surface area contributed by atoms with Crippen LogP contribution in [0.1, 0.15) is 36.3 Å². The van der Waals surface area contributed by atoms with Gasteiger partial charge >= 0.3 is 0 Å². The van der Waals surface area contributed by atoms with Gasteiger partial charge in [-0.1, -0.05) is 55.5 Å². The van der Waals surface area contributed by atoms with Crippen molar-refractivity contribution >= 4 is 11.6 Å². The van der Waals surface area contributed by atoms with Crippen LogP contribution in [-0.2, 0) is 4.79 Å². The van der Waals surface area contributed by atoms with Gasteiger partial charge in [0.05, 0.1) is 5.92 Å². The highest BCUT2D eigenvalue weighted by Crippen LogP contribution is 2.42. The topological polar surface area (TPSA) is 29.1 Å². The van der Waals surface area contributed by atoms with Gasteiger partial charge in [0.25, 0.3) is 0 Å². The molecule has 1 heterocycles. The quantitative estimate of drug-likeness (QED) is 0.861. The van der Waals surface area contributed by atoms with Gasteiger partial charge in [-0.3, -0.25) is 4.79 Å². The van der Waals surface area contributed by atoms with Crippen molar-refractivity contribution in [1.82, 2.24) is 0 Å². The van der Waals surface area contributed by atoms with Gasteiger partial charge in [-0.05, 0) is 23.6 Å². The maximum absolute atomic E-state index is 12.4. The van der Waals surface area contributed by atoms with Crippen molar-refractivity contribution in [1.29, 1.82) is 0 Å². The molecule has 2 aromatic rings. The highest BCUT2D eigenvalue weighted by atomic mass is 16.2. The summed E-state index contributed by atoms with van der Waals surface area (Å²) in [5.41, 5.74) is 3.31. The Labute approximate surface area is 113 Å². The van der Waals surface area contributed by atoms with Crippen LogP contribution in [0.3, 0.4) is 0 Å². The zero-order valence-corrected chi connectivity index (χ0v) is 11.0. The first-order valence-electron chi connectivity index (χ1n) is 6.76. The number of rotatable bonds is 2. The molecule has 0 bridgehead atoms. The van der Waals surface area contributed by atoms with Crippen molar-refractivity contribution in [2.75, 3.05) is 5.32 Å². The largest absolute Gasteiger partial charge is 0.325 e. The van der Waals surface area contributed by atoms with Gasteiger partial charge in [-0.2, -0.15) is 0 Å². The minimum absolute atomic E-state index is 0.0823. The highest BCUT2D eigenvalue weighted by molar-refractivity contribution is 5.99. The number of amides is 1. The van der Waals surface area contributed by atoms with E-state index in [9.17, 15) is 4.79 Å². The summed E-state index contributed by atoms with van der Waals surface area (Å²) in [6.07, 6.45) is 0.962. The number of carbonyl (C=O) groups is 1. The average Bonchev–Trinajstić information content (AvgIpc) is 2.46. The van der Waals surface area contributed by atoms with Gasteiger partial charge < -0.3 is 5.32 Å². The van der Waals surface area contributed by atoms with Crippen molar-refractivity contribution in [3.63, 3.8) is 0 Å². The normalized spacial score (nSPS) is 21.6. The van der Waals surface area contributed by atoms with E-state index in [1.165, 1.54) is 5.56 Å². The number of carbonyl (C=O) groups excluding carboxylic acids is 1. The lowest BCUT2D eigenvalue weighted by Crippen LogP contribution is -2.31. The number of para-hydroxylation sites is 1. The van der Waals surface area contributed by atoms with Crippen LogP contribution in [0.15, 0.2) is 54.6 Å². The standard InChI is InChI=1S/C17H17NO/c1-2-13-14-10-6-7-11-15(14)18-17(19)16(13)12-8-4-3-5-9-12/h3-11,13,16H,2H2,1H3,(H,18,19)/t13-,16+/m1/s1. The third kappa shape index (κ3) is 2.03. The molecular formula is C17H17NO. The molecule has 1 amide bonds. The van der Waals surface area contributed by atoms with Crippen LogP contribution in [-0.4, -0.2) is 5.91 Å². The molecule has 2 nitrogen and oxygen atoms in total. The van der Waals surface area contributed by atoms with E-state index in [0.717, 1.165) is 17.7 Å². The Morgan fingerprint density at radius 3 is 2.42 bits per heavy atom. The SMILES string of the molecule is CC[C@@H]1c2ccccc2NC(=O)[C@H]1c1ccccc1. The predicted molar refractivity (Wildman–Crippen MR) is 77.3 cm³/mol. The smallest absolute Gasteiger partial charge is 0.232 e. The molecule has 0 aliphatic carbocycles. The van der Waals surface area contributed by atoms with Crippen LogP contribution in [0.4, 0.5) is 5.69 Å². The van der Waals surface area contributed by atoms with E-state index in [1.54, 1.807) is 0 Å². The fraction of sp³-hybridized carbons (Fsp3) is 0.235. The van der Waals surface area contributed by atoms with Crippen molar-refractivity contribution < 1.29 is 4.79 Å². The predicted octanol–water partition coefficient (Wildman–Crippen LogP) is 3.92. The molecule has 0 fully saturated rings. The third-order valence-corrected chi connectivity index (χ3v) is 3.90. The number of nitrogens with one attached hydrogen (secondary N) is 1. The maximum Gasteiger partial charge on any atom is 0.232 e. The molecule has 0 radical (unpaired) electrons. The average molecular weight is 251 g/mol. The molecule has 0 unspecified atom stereocenters. The van der Waals surface area contributed by atoms with Crippen LogP contribution >= 0.6 is 0 Å². The minimum atomic E-state index is -0.0823. The third-order valence-electron chi connectivity index (χ3n) is 3.90. The summed E-state index contributed by atoms with van der Waals surface area (Å²) in [5.74, 6) is 0.283. The summed E-state index contributed by atoms with van der Waals surface area (Å²) in [4.78, 5) is 12.4. The summed E-state index contributed by atoms with van der Waals surface area (Å²) >= 11 is 0. The molecule has 0 saturated heterocycles. The van der Waals surface area contributed by atoms with E-state index in [4.69, 9.17) is 0 Å². The molecule has 1 aliphatic heterocycles. The lowest BCUT2D eigenvalue weighted by Gasteiger charge is -2.32. The van der Waals surface area contributed by atoms with Gasteiger partial charge in [-0.25, -0.2) is 0 Å². The first kappa shape index (κ1) is 12.0. The van der Waals surface area contributed by atoms with Crippen molar-refractivity contribution in [3.8, 4) is 0 Å². The molecule has 2 atom stereocenters. The van der Waals surface area contributed by atoms with Gasteiger partial charge in [0, 0.05) is 11.6 Å². The molecule has 2 aromatic carbocycles. The minimum Gasteiger partial charge on any atom is -0.325 e. The molecule has 0 saturated carbocycles. The lowest BCUT2D eigenvalue weighted by atomic mass is 9.76. The summed E-state index contributed by atoms with van der Waals surface area (Å²) in [5, 5.41) is 3.03. The number of anilines is 1. The van der Waals surface area contributed by atoms with Crippen molar-refractivity contribution in [2.24, 2.45) is 0 Å². The molecule has 1 N–H and O–H groups in total. The summed E-state index contributed by atoms with van der Waals surface area (Å²) in [6, 6.07) is 18.2. The Kier molecular flexibility index (Phi) is 3.08. The zero-order chi connectivity index (χ0) is 13.2. The second-order valence-electron chi connectivity index (χ2n) is 4.98. The van der Waals surface area contributed by atoms with E-state index < -0.39 is 0 Å². The van der Waals surface area contributed by atoms with E-state index in [1.807, 2.05) is 48.5 Å². The van der Waals surface area contributed by atoms with Crippen LogP contribution in [0.2, 0.25) is 0 Å². The number of benzene rings is 2. The summed E-state index contributed by atoms with van der Waals surface area (Å²) in [7, 11) is 0. The maximum atomic E-state index is 12.4. The second kappa shape index (κ2) is 4.88. The second-order valence-corrected chi connectivity index (χ2v) is 4.98. The van der Waals surface area contributed by atoms with Crippen molar-refractivity contribution in [3.05, 3.63) is 65.7 Å². The Morgan fingerprint density at radius 1 is 1.00 bits per heavy atom. The van der Waals surface area contributed by atoms with Crippen LogP contribution in [0.5, 0.6) is 0 Å². The molecule has 19 heavy (non-hydrogen) atoms. The van der Waals surface area contributed by atoms with E-state index in [0.29, 0.717) is 0 Å². The molecule has 0 spiro atoms. The van der Waals surface area contributed by atoms with Crippen LogP contribution in [0, 0.1) is 0 Å². The Balaban J connectivity index is 2.09. The fourth-order valence-electron chi connectivity index (χ4n) is 3.01.